The lowest BCUT2D eigenvalue weighted by molar-refractivity contribution is 0.102. The molecule has 144 valence electrons. The lowest BCUT2D eigenvalue weighted by Crippen LogP contribution is -2.12. The molecule has 0 aliphatic carbocycles. The van der Waals surface area contributed by atoms with Crippen LogP contribution >= 0.6 is 0 Å². The van der Waals surface area contributed by atoms with Crippen molar-refractivity contribution < 1.29 is 22.5 Å². The first kappa shape index (κ1) is 18.5. The minimum absolute atomic E-state index is 0.0104. The summed E-state index contributed by atoms with van der Waals surface area (Å²) in [5.74, 6) is -1.87. The van der Waals surface area contributed by atoms with E-state index >= 15 is 0 Å². The normalized spacial score (nSPS) is 10.7. The Morgan fingerprint density at radius 1 is 0.828 bits per heavy atom. The Balaban J connectivity index is 1.80. The van der Waals surface area contributed by atoms with E-state index in [0.717, 1.165) is 12.1 Å². The van der Waals surface area contributed by atoms with Crippen molar-refractivity contribution in [1.82, 2.24) is 5.16 Å². The topological polar surface area (TPSA) is 55.1 Å². The Bertz CT molecular complexity index is 1170. The Labute approximate surface area is 163 Å². The highest BCUT2D eigenvalue weighted by molar-refractivity contribution is 6.06. The summed E-state index contributed by atoms with van der Waals surface area (Å²) in [6.45, 7) is 0. The lowest BCUT2D eigenvalue weighted by atomic mass is 10.0. The molecule has 0 saturated carbocycles. The molecule has 0 fully saturated rings. The number of amides is 1. The van der Waals surface area contributed by atoms with Crippen molar-refractivity contribution >= 4 is 11.7 Å². The summed E-state index contributed by atoms with van der Waals surface area (Å²) >= 11 is 0. The molecule has 4 rings (SSSR count). The third-order valence-electron chi connectivity index (χ3n) is 4.28. The summed E-state index contributed by atoms with van der Waals surface area (Å²) in [6.07, 6.45) is 0. The van der Waals surface area contributed by atoms with Crippen molar-refractivity contribution in [2.75, 3.05) is 5.32 Å². The van der Waals surface area contributed by atoms with Crippen LogP contribution in [0.3, 0.4) is 0 Å². The van der Waals surface area contributed by atoms with Crippen LogP contribution in [0.15, 0.2) is 77.3 Å². The number of carbonyl (C=O) groups excluding carboxylic acids is 1. The lowest BCUT2D eigenvalue weighted by Gasteiger charge is -2.07. The molecule has 4 nitrogen and oxygen atoms in total. The van der Waals surface area contributed by atoms with Crippen LogP contribution in [0.4, 0.5) is 19.0 Å². The number of nitrogens with zero attached hydrogens (tertiary/aromatic N) is 1. The predicted octanol–water partition coefficient (Wildman–Crippen LogP) is 5.68. The molecule has 1 aromatic heterocycles. The molecule has 0 unspecified atom stereocenters. The smallest absolute Gasteiger partial charge is 0.256 e. The quantitative estimate of drug-likeness (QED) is 0.485. The van der Waals surface area contributed by atoms with Gasteiger partial charge in [-0.25, -0.2) is 13.2 Å². The molecule has 1 N–H and O–H groups in total. The number of carbonyl (C=O) groups is 1. The van der Waals surface area contributed by atoms with Gasteiger partial charge in [0.1, 0.15) is 17.5 Å². The second-order valence-corrected chi connectivity index (χ2v) is 6.18. The van der Waals surface area contributed by atoms with Crippen molar-refractivity contribution in [3.05, 3.63) is 95.8 Å². The van der Waals surface area contributed by atoms with Crippen molar-refractivity contribution in [2.24, 2.45) is 0 Å². The molecule has 0 saturated heterocycles. The number of hydrogen-bond acceptors (Lipinski definition) is 3. The molecule has 0 atom stereocenters. The van der Waals surface area contributed by atoms with E-state index in [2.05, 4.69) is 10.5 Å². The molecular formula is C22H13F3N2O2. The maximum atomic E-state index is 14.5. The second-order valence-electron chi connectivity index (χ2n) is 6.18. The molecule has 1 amide bonds. The van der Waals surface area contributed by atoms with E-state index < -0.39 is 23.4 Å². The number of nitrogens with one attached hydrogen (secondary N) is 1. The SMILES string of the molecule is O=C(Nc1noc(-c2ccc(F)cc2)c1-c1ccccc1F)c1ccc(F)cc1. The minimum Gasteiger partial charge on any atom is -0.353 e. The van der Waals surface area contributed by atoms with E-state index in [9.17, 15) is 18.0 Å². The average Bonchev–Trinajstić information content (AvgIpc) is 3.12. The summed E-state index contributed by atoms with van der Waals surface area (Å²) < 4.78 is 46.3. The number of benzene rings is 3. The van der Waals surface area contributed by atoms with Crippen LogP contribution in [0.2, 0.25) is 0 Å². The van der Waals surface area contributed by atoms with Crippen LogP contribution in [-0.4, -0.2) is 11.1 Å². The maximum Gasteiger partial charge on any atom is 0.256 e. The van der Waals surface area contributed by atoms with Gasteiger partial charge in [-0.2, -0.15) is 0 Å². The van der Waals surface area contributed by atoms with Gasteiger partial charge in [0, 0.05) is 16.7 Å². The molecule has 7 heteroatoms. The van der Waals surface area contributed by atoms with E-state index in [1.54, 1.807) is 6.07 Å². The van der Waals surface area contributed by atoms with Gasteiger partial charge < -0.3 is 9.84 Å². The third kappa shape index (κ3) is 3.75. The van der Waals surface area contributed by atoms with Crippen molar-refractivity contribution in [2.45, 2.75) is 0 Å². The molecule has 1 heterocycles. The number of rotatable bonds is 4. The fourth-order valence-electron chi connectivity index (χ4n) is 2.87. The molecule has 0 aliphatic rings. The minimum atomic E-state index is -0.568. The van der Waals surface area contributed by atoms with Gasteiger partial charge in [-0.05, 0) is 54.6 Å². The van der Waals surface area contributed by atoms with Gasteiger partial charge >= 0.3 is 0 Å². The van der Waals surface area contributed by atoms with Crippen molar-refractivity contribution in [3.63, 3.8) is 0 Å². The molecule has 0 bridgehead atoms. The van der Waals surface area contributed by atoms with E-state index in [0.29, 0.717) is 5.56 Å². The van der Waals surface area contributed by atoms with E-state index in [1.165, 1.54) is 54.6 Å². The molecule has 0 radical (unpaired) electrons. The molecule has 0 spiro atoms. The first-order valence-electron chi connectivity index (χ1n) is 8.60. The predicted molar refractivity (Wildman–Crippen MR) is 102 cm³/mol. The van der Waals surface area contributed by atoms with Crippen LogP contribution in [0, 0.1) is 17.5 Å². The number of aromatic nitrogens is 1. The monoisotopic (exact) mass is 394 g/mol. The first-order valence-corrected chi connectivity index (χ1v) is 8.60. The van der Waals surface area contributed by atoms with Gasteiger partial charge in [0.05, 0.1) is 5.56 Å². The summed E-state index contributed by atoms with van der Waals surface area (Å²) in [5, 5.41) is 6.44. The number of halogens is 3. The molecule has 3 aromatic carbocycles. The van der Waals surface area contributed by atoms with Gasteiger partial charge in [0.15, 0.2) is 11.6 Å². The first-order chi connectivity index (χ1) is 14.0. The molecule has 29 heavy (non-hydrogen) atoms. The van der Waals surface area contributed by atoms with Crippen LogP contribution in [0.25, 0.3) is 22.5 Å². The summed E-state index contributed by atoms with van der Waals surface area (Å²) in [5.41, 5.74) is 1.02. The van der Waals surface area contributed by atoms with Crippen LogP contribution in [0.5, 0.6) is 0 Å². The van der Waals surface area contributed by atoms with Crippen LogP contribution < -0.4 is 5.32 Å². The Morgan fingerprint density at radius 3 is 2.10 bits per heavy atom. The Kier molecular flexibility index (Phi) is 4.87. The summed E-state index contributed by atoms with van der Waals surface area (Å²) in [4.78, 5) is 12.5. The van der Waals surface area contributed by atoms with E-state index in [4.69, 9.17) is 4.52 Å². The van der Waals surface area contributed by atoms with Gasteiger partial charge in [-0.15, -0.1) is 0 Å². The van der Waals surface area contributed by atoms with Crippen LogP contribution in [-0.2, 0) is 0 Å². The summed E-state index contributed by atoms with van der Waals surface area (Å²) in [6, 6.07) is 16.3. The van der Waals surface area contributed by atoms with Gasteiger partial charge in [-0.3, -0.25) is 4.79 Å². The molecular weight excluding hydrogens is 381 g/mol. The van der Waals surface area contributed by atoms with Gasteiger partial charge in [-0.1, -0.05) is 23.4 Å². The second kappa shape index (κ2) is 7.63. The fraction of sp³-hybridized carbons (Fsp3) is 0. The van der Waals surface area contributed by atoms with E-state index in [-0.39, 0.29) is 28.3 Å². The largest absolute Gasteiger partial charge is 0.353 e. The Morgan fingerprint density at radius 2 is 1.45 bits per heavy atom. The highest BCUT2D eigenvalue weighted by atomic mass is 19.1. The zero-order valence-electron chi connectivity index (χ0n) is 14.8. The Hall–Kier alpha value is -3.87. The number of hydrogen-bond donors (Lipinski definition) is 1. The highest BCUT2D eigenvalue weighted by Crippen LogP contribution is 2.39. The van der Waals surface area contributed by atoms with Crippen LogP contribution in [0.1, 0.15) is 10.4 Å². The van der Waals surface area contributed by atoms with Crippen molar-refractivity contribution in [1.29, 1.82) is 0 Å². The highest BCUT2D eigenvalue weighted by Gasteiger charge is 2.23. The molecule has 0 aliphatic heterocycles. The number of anilines is 1. The maximum absolute atomic E-state index is 14.5. The fourth-order valence-corrected chi connectivity index (χ4v) is 2.87. The zero-order valence-corrected chi connectivity index (χ0v) is 14.8. The third-order valence-corrected chi connectivity index (χ3v) is 4.28. The van der Waals surface area contributed by atoms with Crippen molar-refractivity contribution in [3.8, 4) is 22.5 Å². The average molecular weight is 394 g/mol. The standard InChI is InChI=1S/C22H13F3N2O2/c23-15-9-5-13(6-10-15)20-19(17-3-1-2-4-18(17)25)21(27-29-20)26-22(28)14-7-11-16(24)12-8-14/h1-12H,(H,26,27,28). The summed E-state index contributed by atoms with van der Waals surface area (Å²) in [7, 11) is 0. The van der Waals surface area contributed by atoms with Gasteiger partial charge in [0.2, 0.25) is 0 Å². The van der Waals surface area contributed by atoms with E-state index in [1.807, 2.05) is 0 Å². The molecule has 4 aromatic rings. The van der Waals surface area contributed by atoms with Gasteiger partial charge in [0.25, 0.3) is 5.91 Å². The zero-order chi connectivity index (χ0) is 20.4.